The second-order valence-electron chi connectivity index (χ2n) is 4.34. The van der Waals surface area contributed by atoms with E-state index in [2.05, 4.69) is 0 Å². The summed E-state index contributed by atoms with van der Waals surface area (Å²) < 4.78 is 0. The van der Waals surface area contributed by atoms with E-state index in [1.54, 1.807) is 0 Å². The van der Waals surface area contributed by atoms with Crippen LogP contribution in [-0.2, 0) is 4.79 Å². The molecule has 2 N–H and O–H groups in total. The summed E-state index contributed by atoms with van der Waals surface area (Å²) in [6, 6.07) is 0. The van der Waals surface area contributed by atoms with Crippen LogP contribution in [0, 0.1) is 5.41 Å². The average molecular weight is 170 g/mol. The molecular weight excluding hydrogens is 156 g/mol. The van der Waals surface area contributed by atoms with Gasteiger partial charge in [0.05, 0.1) is 11.0 Å². The molecular formula is C9H14O3. The lowest BCUT2D eigenvalue weighted by molar-refractivity contribution is -0.152. The van der Waals surface area contributed by atoms with Crippen molar-refractivity contribution in [1.82, 2.24) is 0 Å². The van der Waals surface area contributed by atoms with Gasteiger partial charge >= 0.3 is 5.97 Å². The smallest absolute Gasteiger partial charge is 0.309 e. The van der Waals surface area contributed by atoms with Crippen LogP contribution in [0.3, 0.4) is 0 Å². The van der Waals surface area contributed by atoms with Gasteiger partial charge in [-0.15, -0.1) is 0 Å². The molecule has 0 spiro atoms. The van der Waals surface area contributed by atoms with Gasteiger partial charge in [0.2, 0.25) is 0 Å². The normalized spacial score (nSPS) is 46.1. The third kappa shape index (κ3) is 0.959. The molecule has 0 aromatic rings. The number of hydrogen-bond donors (Lipinski definition) is 2. The summed E-state index contributed by atoms with van der Waals surface area (Å²) in [5, 5.41) is 18.9. The van der Waals surface area contributed by atoms with E-state index >= 15 is 0 Å². The van der Waals surface area contributed by atoms with Gasteiger partial charge in [0.25, 0.3) is 0 Å². The Kier molecular flexibility index (Phi) is 1.49. The van der Waals surface area contributed by atoms with E-state index in [1.807, 2.05) is 0 Å². The molecule has 2 saturated carbocycles. The van der Waals surface area contributed by atoms with Crippen molar-refractivity contribution in [3.8, 4) is 0 Å². The Morgan fingerprint density at radius 1 is 1.17 bits per heavy atom. The Balaban J connectivity index is 2.25. The number of fused-ring (bicyclic) bond motifs is 2. The molecule has 68 valence electrons. The maximum Gasteiger partial charge on any atom is 0.309 e. The number of carbonyl (C=O) groups is 1. The molecule has 0 saturated heterocycles. The molecule has 2 aliphatic rings. The zero-order chi connectivity index (χ0) is 8.82. The third-order valence-corrected chi connectivity index (χ3v) is 3.49. The first kappa shape index (κ1) is 8.05. The molecule has 2 atom stereocenters. The first-order valence-electron chi connectivity index (χ1n) is 4.52. The van der Waals surface area contributed by atoms with Crippen molar-refractivity contribution in [2.75, 3.05) is 0 Å². The van der Waals surface area contributed by atoms with Gasteiger partial charge in [-0.1, -0.05) is 0 Å². The highest BCUT2D eigenvalue weighted by Crippen LogP contribution is 2.53. The minimum Gasteiger partial charge on any atom is -0.481 e. The van der Waals surface area contributed by atoms with E-state index in [9.17, 15) is 9.90 Å². The predicted molar refractivity (Wildman–Crippen MR) is 42.7 cm³/mol. The van der Waals surface area contributed by atoms with Crippen molar-refractivity contribution in [3.63, 3.8) is 0 Å². The Morgan fingerprint density at radius 2 is 1.92 bits per heavy atom. The molecule has 0 aromatic carbocycles. The van der Waals surface area contributed by atoms with Gasteiger partial charge in [0.15, 0.2) is 0 Å². The van der Waals surface area contributed by atoms with Crippen molar-refractivity contribution in [2.45, 2.75) is 44.1 Å². The molecule has 12 heavy (non-hydrogen) atoms. The summed E-state index contributed by atoms with van der Waals surface area (Å²) in [7, 11) is 0. The van der Waals surface area contributed by atoms with E-state index < -0.39 is 17.0 Å². The van der Waals surface area contributed by atoms with Gasteiger partial charge in [-0.25, -0.2) is 0 Å². The highest BCUT2D eigenvalue weighted by atomic mass is 16.4. The highest BCUT2D eigenvalue weighted by Gasteiger charge is 2.54. The highest BCUT2D eigenvalue weighted by molar-refractivity contribution is 5.75. The topological polar surface area (TPSA) is 57.5 Å². The Labute approximate surface area is 71.4 Å². The lowest BCUT2D eigenvalue weighted by atomic mass is 9.74. The van der Waals surface area contributed by atoms with Gasteiger partial charge < -0.3 is 10.2 Å². The van der Waals surface area contributed by atoms with Crippen molar-refractivity contribution in [1.29, 1.82) is 0 Å². The van der Waals surface area contributed by atoms with Crippen molar-refractivity contribution in [3.05, 3.63) is 0 Å². The number of aliphatic carboxylic acids is 1. The van der Waals surface area contributed by atoms with Crippen LogP contribution >= 0.6 is 0 Å². The van der Waals surface area contributed by atoms with E-state index in [0.717, 1.165) is 19.3 Å². The van der Waals surface area contributed by atoms with Gasteiger partial charge in [0, 0.05) is 0 Å². The summed E-state index contributed by atoms with van der Waals surface area (Å²) in [4.78, 5) is 11.0. The minimum atomic E-state index is -0.710. The number of hydrogen-bond acceptors (Lipinski definition) is 2. The standard InChI is InChI=1S/C9H14O3/c10-7(11)8-2-1-3-9(12,6-8)5-4-8/h12H,1-6H2,(H,10,11). The fourth-order valence-corrected chi connectivity index (χ4v) is 2.75. The van der Waals surface area contributed by atoms with Crippen molar-refractivity contribution >= 4 is 5.97 Å². The zero-order valence-electron chi connectivity index (χ0n) is 7.05. The SMILES string of the molecule is O=C(O)C12CCCC(O)(CC1)C2. The first-order chi connectivity index (χ1) is 5.56. The quantitative estimate of drug-likeness (QED) is 0.620. The Morgan fingerprint density at radius 3 is 2.50 bits per heavy atom. The van der Waals surface area contributed by atoms with E-state index in [1.165, 1.54) is 0 Å². The largest absolute Gasteiger partial charge is 0.481 e. The van der Waals surface area contributed by atoms with Crippen molar-refractivity contribution in [2.24, 2.45) is 5.41 Å². The van der Waals surface area contributed by atoms with Crippen LogP contribution in [0.5, 0.6) is 0 Å². The van der Waals surface area contributed by atoms with Gasteiger partial charge in [-0.3, -0.25) is 4.79 Å². The molecule has 2 aliphatic carbocycles. The van der Waals surface area contributed by atoms with E-state index in [-0.39, 0.29) is 0 Å². The molecule has 2 unspecified atom stereocenters. The summed E-state index contributed by atoms with van der Waals surface area (Å²) in [5.41, 5.74) is -1.22. The summed E-state index contributed by atoms with van der Waals surface area (Å²) in [6.45, 7) is 0. The second-order valence-corrected chi connectivity index (χ2v) is 4.34. The maximum atomic E-state index is 11.0. The van der Waals surface area contributed by atoms with Crippen LogP contribution in [0.25, 0.3) is 0 Å². The summed E-state index contributed by atoms with van der Waals surface area (Å²) in [5.74, 6) is -0.710. The van der Waals surface area contributed by atoms with Gasteiger partial charge in [-0.2, -0.15) is 0 Å². The maximum absolute atomic E-state index is 11.0. The lowest BCUT2D eigenvalue weighted by Crippen LogP contribution is -2.37. The van der Waals surface area contributed by atoms with Crippen LogP contribution in [0.15, 0.2) is 0 Å². The van der Waals surface area contributed by atoms with Crippen LogP contribution in [0.2, 0.25) is 0 Å². The van der Waals surface area contributed by atoms with Crippen LogP contribution in [0.1, 0.15) is 38.5 Å². The predicted octanol–water partition coefficient (Wildman–Crippen LogP) is 1.16. The number of aliphatic hydroxyl groups is 1. The molecule has 2 bridgehead atoms. The zero-order valence-corrected chi connectivity index (χ0v) is 7.05. The molecule has 0 aromatic heterocycles. The number of carboxylic acids is 1. The number of rotatable bonds is 1. The molecule has 2 fully saturated rings. The first-order valence-corrected chi connectivity index (χ1v) is 4.52. The van der Waals surface area contributed by atoms with Gasteiger partial charge in [-0.05, 0) is 38.5 Å². The monoisotopic (exact) mass is 170 g/mol. The molecule has 0 heterocycles. The van der Waals surface area contributed by atoms with Crippen LogP contribution in [0.4, 0.5) is 0 Å². The van der Waals surface area contributed by atoms with Gasteiger partial charge in [0.1, 0.15) is 0 Å². The Hall–Kier alpha value is -0.570. The summed E-state index contributed by atoms with van der Waals surface area (Å²) in [6.07, 6.45) is 4.24. The fourth-order valence-electron chi connectivity index (χ4n) is 2.75. The molecule has 0 aliphatic heterocycles. The third-order valence-electron chi connectivity index (χ3n) is 3.49. The molecule has 0 amide bonds. The molecule has 0 radical (unpaired) electrons. The van der Waals surface area contributed by atoms with E-state index in [0.29, 0.717) is 19.3 Å². The number of carboxylic acid groups (broad SMARTS) is 1. The molecule has 3 nitrogen and oxygen atoms in total. The molecule has 2 rings (SSSR count). The fraction of sp³-hybridized carbons (Fsp3) is 0.889. The van der Waals surface area contributed by atoms with Crippen molar-refractivity contribution < 1.29 is 15.0 Å². The van der Waals surface area contributed by atoms with Crippen LogP contribution < -0.4 is 0 Å². The average Bonchev–Trinajstić information content (AvgIpc) is 2.24. The Bertz CT molecular complexity index is 226. The minimum absolute atomic E-state index is 0.481. The second kappa shape index (κ2) is 2.22. The lowest BCUT2D eigenvalue weighted by Gasteiger charge is -2.33. The molecule has 3 heteroatoms. The summed E-state index contributed by atoms with van der Waals surface area (Å²) >= 11 is 0. The van der Waals surface area contributed by atoms with E-state index in [4.69, 9.17) is 5.11 Å². The van der Waals surface area contributed by atoms with Crippen LogP contribution in [-0.4, -0.2) is 21.8 Å².